The van der Waals surface area contributed by atoms with E-state index in [0.29, 0.717) is 16.9 Å². The lowest BCUT2D eigenvalue weighted by Crippen LogP contribution is -2.18. The standard InChI is InChI=1S/C22H17F3N6O4S/c1-11-14(31(34)35)10-27-30(11)8-7-16(32)29-18-17-13(12-5-3-2-4-6-12)9-15(22(23,24)25)28-21(17)36-19(18)20(26)33/h2-6,9-10H,7-8H2,1H3,(H2,26,33)(H,29,32). The van der Waals surface area contributed by atoms with E-state index in [1.807, 2.05) is 0 Å². The molecule has 0 aliphatic rings. The van der Waals surface area contributed by atoms with Gasteiger partial charge in [0.2, 0.25) is 5.91 Å². The van der Waals surface area contributed by atoms with Crippen molar-refractivity contribution in [2.75, 3.05) is 5.32 Å². The Morgan fingerprint density at radius 2 is 1.94 bits per heavy atom. The highest BCUT2D eigenvalue weighted by Crippen LogP contribution is 2.43. The first-order chi connectivity index (χ1) is 17.0. The molecule has 1 aromatic carbocycles. The van der Waals surface area contributed by atoms with Crippen molar-refractivity contribution in [3.63, 3.8) is 0 Å². The van der Waals surface area contributed by atoms with Gasteiger partial charge in [-0.1, -0.05) is 30.3 Å². The number of primary amides is 1. The van der Waals surface area contributed by atoms with E-state index in [2.05, 4.69) is 15.4 Å². The van der Waals surface area contributed by atoms with Gasteiger partial charge in [-0.15, -0.1) is 11.3 Å². The SMILES string of the molecule is Cc1c([N+](=O)[O-])cnn1CCC(=O)Nc1c(C(N)=O)sc2nc(C(F)(F)F)cc(-c3ccccc3)c12. The third kappa shape index (κ3) is 4.75. The zero-order chi connectivity index (χ0) is 26.2. The average Bonchev–Trinajstić information content (AvgIpc) is 3.37. The number of carbonyl (C=O) groups excluding carboxylic acids is 2. The molecule has 4 aromatic rings. The predicted octanol–water partition coefficient (Wildman–Crippen LogP) is 4.52. The second-order valence-electron chi connectivity index (χ2n) is 7.66. The van der Waals surface area contributed by atoms with Crippen LogP contribution in [0.3, 0.4) is 0 Å². The van der Waals surface area contributed by atoms with Gasteiger partial charge in [-0.3, -0.25) is 24.4 Å². The van der Waals surface area contributed by atoms with E-state index in [1.165, 1.54) is 11.6 Å². The lowest BCUT2D eigenvalue weighted by Gasteiger charge is -2.12. The van der Waals surface area contributed by atoms with Crippen molar-refractivity contribution in [2.45, 2.75) is 26.1 Å². The fourth-order valence-corrected chi connectivity index (χ4v) is 4.64. The number of rotatable bonds is 7. The number of amides is 2. The Kier molecular flexibility index (Phi) is 6.45. The van der Waals surface area contributed by atoms with Gasteiger partial charge in [0.25, 0.3) is 5.91 Å². The number of aromatic nitrogens is 3. The molecule has 0 spiro atoms. The topological polar surface area (TPSA) is 146 Å². The van der Waals surface area contributed by atoms with E-state index in [1.54, 1.807) is 30.3 Å². The van der Waals surface area contributed by atoms with Gasteiger partial charge in [0.1, 0.15) is 27.3 Å². The van der Waals surface area contributed by atoms with Crippen LogP contribution < -0.4 is 11.1 Å². The quantitative estimate of drug-likeness (QED) is 0.272. The number of nitrogens with one attached hydrogen (secondary N) is 1. The van der Waals surface area contributed by atoms with E-state index in [0.717, 1.165) is 12.3 Å². The monoisotopic (exact) mass is 518 g/mol. The number of hydrogen-bond donors (Lipinski definition) is 2. The number of thiophene rings is 1. The summed E-state index contributed by atoms with van der Waals surface area (Å²) in [6.45, 7) is 1.47. The summed E-state index contributed by atoms with van der Waals surface area (Å²) in [7, 11) is 0. The Bertz CT molecular complexity index is 1500. The maximum Gasteiger partial charge on any atom is 0.433 e. The van der Waals surface area contributed by atoms with Crippen molar-refractivity contribution < 1.29 is 27.7 Å². The van der Waals surface area contributed by atoms with Gasteiger partial charge in [0.15, 0.2) is 0 Å². The Morgan fingerprint density at radius 1 is 1.25 bits per heavy atom. The zero-order valence-corrected chi connectivity index (χ0v) is 19.3. The highest BCUT2D eigenvalue weighted by Gasteiger charge is 2.35. The predicted molar refractivity (Wildman–Crippen MR) is 125 cm³/mol. The number of aryl methyl sites for hydroxylation is 1. The van der Waals surface area contributed by atoms with Crippen LogP contribution in [0.25, 0.3) is 21.3 Å². The minimum absolute atomic E-state index is 0.0124. The maximum absolute atomic E-state index is 13.6. The number of benzene rings is 1. The summed E-state index contributed by atoms with van der Waals surface area (Å²) in [6, 6.07) is 9.02. The number of nitro groups is 1. The second-order valence-corrected chi connectivity index (χ2v) is 8.66. The van der Waals surface area contributed by atoms with Crippen LogP contribution in [-0.2, 0) is 17.5 Å². The molecule has 10 nitrogen and oxygen atoms in total. The number of pyridine rings is 1. The lowest BCUT2D eigenvalue weighted by atomic mass is 10.0. The van der Waals surface area contributed by atoms with Crippen molar-refractivity contribution in [3.05, 3.63) is 69.0 Å². The molecule has 3 N–H and O–H groups in total. The third-order valence-corrected chi connectivity index (χ3v) is 6.45. The number of nitrogens with zero attached hydrogens (tertiary/aromatic N) is 4. The van der Waals surface area contributed by atoms with Crippen LogP contribution in [0, 0.1) is 17.0 Å². The molecular formula is C22H17F3N6O4S. The normalized spacial score (nSPS) is 11.6. The van der Waals surface area contributed by atoms with Crippen LogP contribution in [0.2, 0.25) is 0 Å². The molecule has 0 unspecified atom stereocenters. The highest BCUT2D eigenvalue weighted by molar-refractivity contribution is 7.21. The molecule has 2 amide bonds. The maximum atomic E-state index is 13.6. The molecule has 0 radical (unpaired) electrons. The summed E-state index contributed by atoms with van der Waals surface area (Å²) in [5.74, 6) is -1.55. The number of halogens is 3. The Morgan fingerprint density at radius 3 is 2.53 bits per heavy atom. The van der Waals surface area contributed by atoms with Crippen LogP contribution in [0.15, 0.2) is 42.6 Å². The number of nitrogens with two attached hydrogens (primary N) is 1. The number of hydrogen-bond acceptors (Lipinski definition) is 7. The number of anilines is 1. The van der Waals surface area contributed by atoms with Crippen molar-refractivity contribution in [3.8, 4) is 11.1 Å². The minimum Gasteiger partial charge on any atom is -0.365 e. The molecule has 0 atom stereocenters. The summed E-state index contributed by atoms with van der Waals surface area (Å²) in [5.41, 5.74) is 4.86. The fourth-order valence-electron chi connectivity index (χ4n) is 3.63. The molecule has 0 aliphatic carbocycles. The van der Waals surface area contributed by atoms with Gasteiger partial charge in [0, 0.05) is 11.8 Å². The summed E-state index contributed by atoms with van der Waals surface area (Å²) < 4.78 is 42.0. The molecular weight excluding hydrogens is 501 g/mol. The van der Waals surface area contributed by atoms with E-state index < -0.39 is 28.6 Å². The molecule has 0 saturated carbocycles. The summed E-state index contributed by atoms with van der Waals surface area (Å²) in [5, 5.41) is 17.6. The summed E-state index contributed by atoms with van der Waals surface area (Å²) in [4.78, 5) is 38.8. The van der Waals surface area contributed by atoms with Crippen molar-refractivity contribution in [1.29, 1.82) is 0 Å². The first kappa shape index (κ1) is 24.8. The molecule has 0 bridgehead atoms. The van der Waals surface area contributed by atoms with E-state index in [4.69, 9.17) is 5.73 Å². The summed E-state index contributed by atoms with van der Waals surface area (Å²) in [6.07, 6.45) is -3.87. The van der Waals surface area contributed by atoms with Gasteiger partial charge in [-0.05, 0) is 24.1 Å². The van der Waals surface area contributed by atoms with Crippen LogP contribution in [0.5, 0.6) is 0 Å². The molecule has 36 heavy (non-hydrogen) atoms. The number of carbonyl (C=O) groups is 2. The molecule has 0 fully saturated rings. The minimum atomic E-state index is -4.75. The van der Waals surface area contributed by atoms with Crippen LogP contribution in [0.4, 0.5) is 24.5 Å². The van der Waals surface area contributed by atoms with Crippen molar-refractivity contribution >= 4 is 44.7 Å². The molecule has 0 saturated heterocycles. The molecule has 0 aliphatic heterocycles. The zero-order valence-electron chi connectivity index (χ0n) is 18.5. The van der Waals surface area contributed by atoms with Gasteiger partial charge >= 0.3 is 11.9 Å². The largest absolute Gasteiger partial charge is 0.433 e. The van der Waals surface area contributed by atoms with Crippen LogP contribution >= 0.6 is 11.3 Å². The second kappa shape index (κ2) is 9.37. The first-order valence-electron chi connectivity index (χ1n) is 10.3. The van der Waals surface area contributed by atoms with Crippen LogP contribution in [0.1, 0.15) is 27.5 Å². The Hall–Kier alpha value is -4.33. The third-order valence-electron chi connectivity index (χ3n) is 5.35. The lowest BCUT2D eigenvalue weighted by molar-refractivity contribution is -0.385. The van der Waals surface area contributed by atoms with Crippen LogP contribution in [-0.4, -0.2) is 31.5 Å². The molecule has 4 rings (SSSR count). The van der Waals surface area contributed by atoms with Gasteiger partial charge in [-0.25, -0.2) is 4.98 Å². The molecule has 14 heteroatoms. The van der Waals surface area contributed by atoms with Gasteiger partial charge in [0.05, 0.1) is 17.2 Å². The van der Waals surface area contributed by atoms with Gasteiger partial charge in [-0.2, -0.15) is 18.3 Å². The van der Waals surface area contributed by atoms with Crippen molar-refractivity contribution in [1.82, 2.24) is 14.8 Å². The fraction of sp³-hybridized carbons (Fsp3) is 0.182. The van der Waals surface area contributed by atoms with E-state index in [9.17, 15) is 32.9 Å². The molecule has 3 heterocycles. The van der Waals surface area contributed by atoms with Gasteiger partial charge < -0.3 is 11.1 Å². The number of fused-ring (bicyclic) bond motifs is 1. The number of alkyl halides is 3. The molecule has 3 aromatic heterocycles. The Labute approximate surface area is 204 Å². The van der Waals surface area contributed by atoms with E-state index >= 15 is 0 Å². The molecule has 186 valence electrons. The van der Waals surface area contributed by atoms with E-state index in [-0.39, 0.29) is 50.7 Å². The smallest absolute Gasteiger partial charge is 0.365 e. The summed E-state index contributed by atoms with van der Waals surface area (Å²) >= 11 is 0.644. The Balaban J connectivity index is 1.76. The highest BCUT2D eigenvalue weighted by atomic mass is 32.1. The first-order valence-corrected chi connectivity index (χ1v) is 11.2. The van der Waals surface area contributed by atoms with Crippen molar-refractivity contribution in [2.24, 2.45) is 5.73 Å². The average molecular weight is 518 g/mol.